The number of hydrogen-bond acceptors (Lipinski definition) is 4. The Hall–Kier alpha value is -1.75. The summed E-state index contributed by atoms with van der Waals surface area (Å²) < 4.78 is 5.25. The number of thioether (sulfide) groups is 1. The highest BCUT2D eigenvalue weighted by molar-refractivity contribution is 8.18. The van der Waals surface area contributed by atoms with Crippen molar-refractivity contribution in [3.63, 3.8) is 0 Å². The number of para-hydroxylation sites is 1. The van der Waals surface area contributed by atoms with Crippen LogP contribution in [0.2, 0.25) is 0 Å². The van der Waals surface area contributed by atoms with Gasteiger partial charge >= 0.3 is 0 Å². The van der Waals surface area contributed by atoms with Crippen molar-refractivity contribution >= 4 is 29.0 Å². The van der Waals surface area contributed by atoms with E-state index in [2.05, 4.69) is 0 Å². The van der Waals surface area contributed by atoms with E-state index in [-0.39, 0.29) is 17.2 Å². The number of ether oxygens (including phenoxy) is 1. The van der Waals surface area contributed by atoms with Crippen molar-refractivity contribution in [2.75, 3.05) is 7.11 Å². The molecular formula is C15H17NO3S. The van der Waals surface area contributed by atoms with Crippen LogP contribution in [0.15, 0.2) is 29.2 Å². The normalized spacial score (nSPS) is 18.8. The minimum atomic E-state index is -0.222. The average Bonchev–Trinajstić information content (AvgIpc) is 2.73. The number of hydrogen-bond donors (Lipinski definition) is 0. The molecule has 0 unspecified atom stereocenters. The number of imide groups is 1. The van der Waals surface area contributed by atoms with Crippen molar-refractivity contribution < 1.29 is 14.3 Å². The smallest absolute Gasteiger partial charge is 0.293 e. The molecule has 5 heteroatoms. The van der Waals surface area contributed by atoms with Crippen molar-refractivity contribution in [1.29, 1.82) is 0 Å². The predicted molar refractivity (Wildman–Crippen MR) is 80.6 cm³/mol. The Kier molecular flexibility index (Phi) is 4.49. The second-order valence-electron chi connectivity index (χ2n) is 4.55. The fraction of sp³-hybridized carbons (Fsp3) is 0.333. The molecule has 1 heterocycles. The Morgan fingerprint density at radius 2 is 2.05 bits per heavy atom. The van der Waals surface area contributed by atoms with E-state index in [0.717, 1.165) is 23.7 Å². The van der Waals surface area contributed by atoms with E-state index in [9.17, 15) is 9.59 Å². The molecule has 0 saturated carbocycles. The van der Waals surface area contributed by atoms with E-state index in [0.29, 0.717) is 10.7 Å². The van der Waals surface area contributed by atoms with Crippen LogP contribution in [0.1, 0.15) is 25.8 Å². The third kappa shape index (κ3) is 2.72. The number of amides is 2. The molecule has 1 fully saturated rings. The first-order valence-corrected chi connectivity index (χ1v) is 7.30. The second-order valence-corrected chi connectivity index (χ2v) is 5.54. The molecule has 1 aromatic carbocycles. The van der Waals surface area contributed by atoms with Gasteiger partial charge in [-0.05, 0) is 37.2 Å². The van der Waals surface area contributed by atoms with Crippen LogP contribution in [-0.4, -0.2) is 29.2 Å². The molecule has 0 spiro atoms. The maximum atomic E-state index is 12.3. The van der Waals surface area contributed by atoms with Gasteiger partial charge in [-0.2, -0.15) is 0 Å². The zero-order valence-corrected chi connectivity index (χ0v) is 12.6. The van der Waals surface area contributed by atoms with Crippen LogP contribution >= 0.6 is 11.8 Å². The number of rotatable bonds is 4. The van der Waals surface area contributed by atoms with Gasteiger partial charge in [0.15, 0.2) is 0 Å². The topological polar surface area (TPSA) is 46.6 Å². The predicted octanol–water partition coefficient (Wildman–Crippen LogP) is 3.53. The van der Waals surface area contributed by atoms with E-state index in [1.165, 1.54) is 4.90 Å². The molecule has 0 aromatic heterocycles. The van der Waals surface area contributed by atoms with Gasteiger partial charge in [0.1, 0.15) is 5.75 Å². The van der Waals surface area contributed by atoms with Gasteiger partial charge in [-0.15, -0.1) is 0 Å². The number of carbonyl (C=O) groups is 2. The largest absolute Gasteiger partial charge is 0.496 e. The Morgan fingerprint density at radius 1 is 1.35 bits per heavy atom. The van der Waals surface area contributed by atoms with Crippen LogP contribution in [0, 0.1) is 0 Å². The molecule has 106 valence electrons. The summed E-state index contributed by atoms with van der Waals surface area (Å²) in [6.45, 7) is 3.83. The van der Waals surface area contributed by atoms with Crippen LogP contribution in [0.5, 0.6) is 5.75 Å². The Labute approximate surface area is 122 Å². The van der Waals surface area contributed by atoms with E-state index in [1.807, 2.05) is 38.1 Å². The zero-order chi connectivity index (χ0) is 14.7. The SMILES string of the molecule is CC[C@@H](C)N1C(=O)S/C(=C/c2ccccc2OC)C1=O. The molecule has 0 N–H and O–H groups in total. The Balaban J connectivity index is 2.33. The molecule has 0 bridgehead atoms. The van der Waals surface area contributed by atoms with Crippen molar-refractivity contribution in [2.24, 2.45) is 0 Å². The maximum absolute atomic E-state index is 12.3. The lowest BCUT2D eigenvalue weighted by molar-refractivity contribution is -0.124. The van der Waals surface area contributed by atoms with Crippen LogP contribution in [0.4, 0.5) is 4.79 Å². The van der Waals surface area contributed by atoms with Crippen LogP contribution < -0.4 is 4.74 Å². The summed E-state index contributed by atoms with van der Waals surface area (Å²) in [6, 6.07) is 7.33. The molecule has 0 aliphatic carbocycles. The van der Waals surface area contributed by atoms with E-state index >= 15 is 0 Å². The Morgan fingerprint density at radius 3 is 2.70 bits per heavy atom. The lowest BCUT2D eigenvalue weighted by atomic mass is 10.1. The fourth-order valence-corrected chi connectivity index (χ4v) is 2.89. The van der Waals surface area contributed by atoms with Gasteiger partial charge in [0, 0.05) is 11.6 Å². The lowest BCUT2D eigenvalue weighted by Crippen LogP contribution is -2.36. The third-order valence-electron chi connectivity index (χ3n) is 3.28. The molecule has 1 aromatic rings. The quantitative estimate of drug-likeness (QED) is 0.796. The summed E-state index contributed by atoms with van der Waals surface area (Å²) in [5.74, 6) is 0.461. The number of carbonyl (C=O) groups excluding carboxylic acids is 2. The summed E-state index contributed by atoms with van der Waals surface area (Å²) in [6.07, 6.45) is 2.46. The molecule has 4 nitrogen and oxygen atoms in total. The number of nitrogens with zero attached hydrogens (tertiary/aromatic N) is 1. The third-order valence-corrected chi connectivity index (χ3v) is 4.16. The first kappa shape index (κ1) is 14.7. The summed E-state index contributed by atoms with van der Waals surface area (Å²) in [7, 11) is 1.58. The maximum Gasteiger partial charge on any atom is 0.293 e. The molecule has 1 atom stereocenters. The van der Waals surface area contributed by atoms with Gasteiger partial charge < -0.3 is 4.74 Å². The van der Waals surface area contributed by atoms with Gasteiger partial charge in [-0.3, -0.25) is 14.5 Å². The summed E-state index contributed by atoms with van der Waals surface area (Å²) in [4.78, 5) is 26.0. The average molecular weight is 291 g/mol. The van der Waals surface area contributed by atoms with Crippen LogP contribution in [0.3, 0.4) is 0 Å². The summed E-state index contributed by atoms with van der Waals surface area (Å²) >= 11 is 0.983. The van der Waals surface area contributed by atoms with Crippen LogP contribution in [-0.2, 0) is 4.79 Å². The van der Waals surface area contributed by atoms with E-state index < -0.39 is 0 Å². The molecule has 1 aliphatic rings. The van der Waals surface area contributed by atoms with Crippen molar-refractivity contribution in [3.05, 3.63) is 34.7 Å². The van der Waals surface area contributed by atoms with E-state index in [4.69, 9.17) is 4.74 Å². The highest BCUT2D eigenvalue weighted by Gasteiger charge is 2.37. The fourth-order valence-electron chi connectivity index (χ4n) is 1.97. The minimum absolute atomic E-state index is 0.0777. The first-order valence-electron chi connectivity index (χ1n) is 6.48. The molecule has 1 aliphatic heterocycles. The van der Waals surface area contributed by atoms with Gasteiger partial charge in [-0.25, -0.2) is 0 Å². The second kappa shape index (κ2) is 6.13. The number of benzene rings is 1. The monoisotopic (exact) mass is 291 g/mol. The van der Waals surface area contributed by atoms with Crippen molar-refractivity contribution in [2.45, 2.75) is 26.3 Å². The van der Waals surface area contributed by atoms with Gasteiger partial charge in [-0.1, -0.05) is 25.1 Å². The molecule has 0 radical (unpaired) electrons. The van der Waals surface area contributed by atoms with Crippen molar-refractivity contribution in [3.8, 4) is 5.75 Å². The van der Waals surface area contributed by atoms with Crippen LogP contribution in [0.25, 0.3) is 6.08 Å². The molecular weight excluding hydrogens is 274 g/mol. The lowest BCUT2D eigenvalue weighted by Gasteiger charge is -2.19. The Bertz CT molecular complexity index is 568. The molecule has 2 rings (SSSR count). The van der Waals surface area contributed by atoms with Gasteiger partial charge in [0.05, 0.1) is 12.0 Å². The first-order chi connectivity index (χ1) is 9.58. The highest BCUT2D eigenvalue weighted by Crippen LogP contribution is 2.35. The van der Waals surface area contributed by atoms with Gasteiger partial charge in [0.25, 0.3) is 11.1 Å². The summed E-state index contributed by atoms with van der Waals surface area (Å²) in [5.41, 5.74) is 0.796. The minimum Gasteiger partial charge on any atom is -0.496 e. The molecule has 1 saturated heterocycles. The number of methoxy groups -OCH3 is 1. The standard InChI is InChI=1S/C15H17NO3S/c1-4-10(2)16-14(17)13(20-15(16)18)9-11-7-5-6-8-12(11)19-3/h5-10H,4H2,1-3H3/b13-9+/t10-/m1/s1. The summed E-state index contributed by atoms with van der Waals surface area (Å²) in [5, 5.41) is -0.203. The highest BCUT2D eigenvalue weighted by atomic mass is 32.2. The van der Waals surface area contributed by atoms with E-state index in [1.54, 1.807) is 13.2 Å². The van der Waals surface area contributed by atoms with Crippen molar-refractivity contribution in [1.82, 2.24) is 4.90 Å². The molecule has 2 amide bonds. The molecule has 20 heavy (non-hydrogen) atoms. The van der Waals surface area contributed by atoms with Gasteiger partial charge in [0.2, 0.25) is 0 Å². The zero-order valence-electron chi connectivity index (χ0n) is 11.8.